The van der Waals surface area contributed by atoms with E-state index in [1.54, 1.807) is 18.9 Å². The maximum absolute atomic E-state index is 12.6. The van der Waals surface area contributed by atoms with Gasteiger partial charge in [-0.1, -0.05) is 6.92 Å². The normalized spacial score (nSPS) is 20.9. The zero-order chi connectivity index (χ0) is 17.3. The molecule has 128 valence electrons. The number of piperidine rings is 1. The molecule has 0 radical (unpaired) electrons. The van der Waals surface area contributed by atoms with Crippen molar-refractivity contribution < 1.29 is 14.0 Å². The molecular weight excluding hydrogens is 310 g/mol. The van der Waals surface area contributed by atoms with E-state index in [4.69, 9.17) is 4.42 Å². The summed E-state index contributed by atoms with van der Waals surface area (Å²) in [5.74, 6) is 0.128. The van der Waals surface area contributed by atoms with Gasteiger partial charge in [-0.2, -0.15) is 5.10 Å². The van der Waals surface area contributed by atoms with E-state index in [0.717, 1.165) is 18.5 Å². The van der Waals surface area contributed by atoms with Crippen LogP contribution >= 0.6 is 0 Å². The molecular formula is C16H21N5O3. The van der Waals surface area contributed by atoms with Crippen molar-refractivity contribution in [3.63, 3.8) is 0 Å². The van der Waals surface area contributed by atoms with Gasteiger partial charge in [0.05, 0.1) is 17.5 Å². The van der Waals surface area contributed by atoms with Gasteiger partial charge in [0.25, 0.3) is 11.8 Å². The van der Waals surface area contributed by atoms with Gasteiger partial charge >= 0.3 is 0 Å². The fourth-order valence-corrected chi connectivity index (χ4v) is 3.29. The standard InChI is InChI=1S/C16H21N5O3/c1-10-19-12(8-24-10)15(23)21-6-4-5-16(2,9-21)13-11(7-18-20-13)14(22)17-3/h7-8H,4-6,9H2,1-3H3,(H,17,22)(H,18,20)/t16-/m1/s1. The Bertz CT molecular complexity index is 765. The molecule has 3 rings (SSSR count). The maximum atomic E-state index is 12.6. The Balaban J connectivity index is 1.86. The van der Waals surface area contributed by atoms with E-state index < -0.39 is 0 Å². The summed E-state index contributed by atoms with van der Waals surface area (Å²) in [4.78, 5) is 30.6. The second-order valence-corrected chi connectivity index (χ2v) is 6.38. The molecule has 1 aliphatic heterocycles. The Morgan fingerprint density at radius 2 is 2.25 bits per heavy atom. The quantitative estimate of drug-likeness (QED) is 0.881. The molecule has 2 N–H and O–H groups in total. The first kappa shape index (κ1) is 16.2. The summed E-state index contributed by atoms with van der Waals surface area (Å²) in [6, 6.07) is 0. The summed E-state index contributed by atoms with van der Waals surface area (Å²) in [7, 11) is 1.59. The average molecular weight is 331 g/mol. The number of aromatic nitrogens is 3. The molecule has 0 aliphatic carbocycles. The summed E-state index contributed by atoms with van der Waals surface area (Å²) < 4.78 is 5.14. The van der Waals surface area contributed by atoms with Gasteiger partial charge in [0.2, 0.25) is 0 Å². The van der Waals surface area contributed by atoms with Crippen molar-refractivity contribution in [1.82, 2.24) is 25.4 Å². The molecule has 0 aromatic carbocycles. The molecule has 0 bridgehead atoms. The fourth-order valence-electron chi connectivity index (χ4n) is 3.29. The van der Waals surface area contributed by atoms with Gasteiger partial charge in [-0.05, 0) is 12.8 Å². The van der Waals surface area contributed by atoms with E-state index in [1.165, 1.54) is 12.5 Å². The molecule has 3 heterocycles. The molecule has 2 aromatic heterocycles. The molecule has 1 saturated heterocycles. The fraction of sp³-hybridized carbons (Fsp3) is 0.500. The number of H-pyrrole nitrogens is 1. The molecule has 2 aromatic rings. The van der Waals surface area contributed by atoms with Crippen LogP contribution in [0.1, 0.15) is 52.2 Å². The first-order chi connectivity index (χ1) is 11.4. The van der Waals surface area contributed by atoms with E-state index in [0.29, 0.717) is 30.2 Å². The number of aromatic amines is 1. The van der Waals surface area contributed by atoms with Crippen LogP contribution in [0.2, 0.25) is 0 Å². The van der Waals surface area contributed by atoms with Crippen molar-refractivity contribution in [1.29, 1.82) is 0 Å². The molecule has 8 nitrogen and oxygen atoms in total. The van der Waals surface area contributed by atoms with Crippen LogP contribution in [0.5, 0.6) is 0 Å². The van der Waals surface area contributed by atoms with Crippen molar-refractivity contribution in [2.45, 2.75) is 32.1 Å². The summed E-state index contributed by atoms with van der Waals surface area (Å²) in [6.07, 6.45) is 4.61. The number of carbonyl (C=O) groups is 2. The van der Waals surface area contributed by atoms with Crippen LogP contribution in [0.4, 0.5) is 0 Å². The Kier molecular flexibility index (Phi) is 4.13. The molecule has 0 unspecified atom stereocenters. The molecule has 0 saturated carbocycles. The van der Waals surface area contributed by atoms with Gasteiger partial charge in [0.15, 0.2) is 11.6 Å². The monoisotopic (exact) mass is 331 g/mol. The number of carbonyl (C=O) groups excluding carboxylic acids is 2. The van der Waals surface area contributed by atoms with Crippen LogP contribution < -0.4 is 5.32 Å². The minimum Gasteiger partial charge on any atom is -0.448 e. The van der Waals surface area contributed by atoms with Crippen LogP contribution in [0.25, 0.3) is 0 Å². The lowest BCUT2D eigenvalue weighted by Crippen LogP contribution is -2.48. The van der Waals surface area contributed by atoms with E-state index in [9.17, 15) is 9.59 Å². The van der Waals surface area contributed by atoms with E-state index in [2.05, 4.69) is 20.5 Å². The van der Waals surface area contributed by atoms with Crippen LogP contribution in [-0.2, 0) is 5.41 Å². The van der Waals surface area contributed by atoms with Gasteiger partial charge in [-0.15, -0.1) is 0 Å². The number of rotatable bonds is 3. The Labute approximate surface area is 139 Å². The van der Waals surface area contributed by atoms with Crippen LogP contribution in [0, 0.1) is 6.92 Å². The second kappa shape index (κ2) is 6.10. The maximum Gasteiger partial charge on any atom is 0.275 e. The highest BCUT2D eigenvalue weighted by Crippen LogP contribution is 2.34. The molecule has 1 atom stereocenters. The van der Waals surface area contributed by atoms with Gasteiger partial charge in [-0.3, -0.25) is 14.7 Å². The summed E-state index contributed by atoms with van der Waals surface area (Å²) in [5, 5.41) is 9.60. The highest BCUT2D eigenvalue weighted by atomic mass is 16.3. The lowest BCUT2D eigenvalue weighted by atomic mass is 9.77. The molecule has 1 fully saturated rings. The number of hydrogen-bond donors (Lipinski definition) is 2. The number of hydrogen-bond acceptors (Lipinski definition) is 5. The third-order valence-electron chi connectivity index (χ3n) is 4.54. The SMILES string of the molecule is CNC(=O)c1cn[nH]c1[C@]1(C)CCCN(C(=O)c2coc(C)n2)C1. The predicted molar refractivity (Wildman–Crippen MR) is 85.7 cm³/mol. The van der Waals surface area contributed by atoms with Gasteiger partial charge < -0.3 is 14.6 Å². The Morgan fingerprint density at radius 3 is 2.92 bits per heavy atom. The average Bonchev–Trinajstić information content (AvgIpc) is 3.22. The zero-order valence-corrected chi connectivity index (χ0v) is 14.0. The minimum atomic E-state index is -0.370. The van der Waals surface area contributed by atoms with Crippen LogP contribution in [-0.4, -0.2) is 52.0 Å². The molecule has 2 amide bonds. The first-order valence-electron chi connectivity index (χ1n) is 7.92. The minimum absolute atomic E-state index is 0.154. The van der Waals surface area contributed by atoms with Gasteiger partial charge in [-0.25, -0.2) is 4.98 Å². The third-order valence-corrected chi connectivity index (χ3v) is 4.54. The predicted octanol–water partition coefficient (Wildman–Crippen LogP) is 1.26. The molecule has 8 heteroatoms. The number of oxazole rings is 1. The third kappa shape index (κ3) is 2.79. The Hall–Kier alpha value is -2.64. The largest absolute Gasteiger partial charge is 0.448 e. The van der Waals surface area contributed by atoms with Crippen molar-refractivity contribution in [3.8, 4) is 0 Å². The van der Waals surface area contributed by atoms with Crippen LogP contribution in [0.15, 0.2) is 16.9 Å². The topological polar surface area (TPSA) is 104 Å². The number of likely N-dealkylation sites (tertiary alicyclic amines) is 1. The van der Waals surface area contributed by atoms with Crippen LogP contribution in [0.3, 0.4) is 0 Å². The molecule has 24 heavy (non-hydrogen) atoms. The summed E-state index contributed by atoms with van der Waals surface area (Å²) in [5.41, 5.74) is 1.22. The number of aryl methyl sites for hydroxylation is 1. The number of amides is 2. The van der Waals surface area contributed by atoms with Crippen molar-refractivity contribution in [3.05, 3.63) is 35.3 Å². The lowest BCUT2D eigenvalue weighted by molar-refractivity contribution is 0.0641. The van der Waals surface area contributed by atoms with Gasteiger partial charge in [0, 0.05) is 32.5 Å². The number of nitrogens with zero attached hydrogens (tertiary/aromatic N) is 3. The van der Waals surface area contributed by atoms with E-state index >= 15 is 0 Å². The second-order valence-electron chi connectivity index (χ2n) is 6.38. The van der Waals surface area contributed by atoms with Crippen molar-refractivity contribution >= 4 is 11.8 Å². The van der Waals surface area contributed by atoms with E-state index in [1.807, 2.05) is 6.92 Å². The highest BCUT2D eigenvalue weighted by molar-refractivity contribution is 5.95. The summed E-state index contributed by atoms with van der Waals surface area (Å²) >= 11 is 0. The van der Waals surface area contributed by atoms with E-state index in [-0.39, 0.29) is 17.2 Å². The molecule has 1 aliphatic rings. The highest BCUT2D eigenvalue weighted by Gasteiger charge is 2.39. The first-order valence-corrected chi connectivity index (χ1v) is 7.92. The zero-order valence-electron chi connectivity index (χ0n) is 14.0. The smallest absolute Gasteiger partial charge is 0.275 e. The van der Waals surface area contributed by atoms with Gasteiger partial charge in [0.1, 0.15) is 6.26 Å². The number of nitrogens with one attached hydrogen (secondary N) is 2. The van der Waals surface area contributed by atoms with Crippen molar-refractivity contribution in [2.24, 2.45) is 0 Å². The molecule has 0 spiro atoms. The lowest BCUT2D eigenvalue weighted by Gasteiger charge is -2.40. The Morgan fingerprint density at radius 1 is 1.46 bits per heavy atom. The summed E-state index contributed by atoms with van der Waals surface area (Å²) in [6.45, 7) is 4.89. The van der Waals surface area contributed by atoms with Crippen molar-refractivity contribution in [2.75, 3.05) is 20.1 Å².